The molecule has 0 saturated carbocycles. The number of aromatic nitrogens is 3. The van der Waals surface area contributed by atoms with Gasteiger partial charge in [-0.15, -0.1) is 0 Å². The zero-order chi connectivity index (χ0) is 11.7. The molecule has 0 radical (unpaired) electrons. The third-order valence-electron chi connectivity index (χ3n) is 3.40. The number of likely N-dealkylation sites (tertiary alicyclic amines) is 1. The van der Waals surface area contributed by atoms with Gasteiger partial charge in [-0.3, -0.25) is 0 Å². The highest BCUT2D eigenvalue weighted by atomic mass is 15.1. The van der Waals surface area contributed by atoms with Crippen molar-refractivity contribution < 1.29 is 0 Å². The molecule has 1 aliphatic heterocycles. The maximum Gasteiger partial charge on any atom is 0.177 e. The molecule has 4 heteroatoms. The summed E-state index contributed by atoms with van der Waals surface area (Å²) < 4.78 is 0. The van der Waals surface area contributed by atoms with E-state index in [0.717, 1.165) is 35.6 Å². The number of pyridine rings is 1. The van der Waals surface area contributed by atoms with Crippen molar-refractivity contribution in [1.82, 2.24) is 19.9 Å². The van der Waals surface area contributed by atoms with E-state index in [1.165, 1.54) is 25.9 Å². The van der Waals surface area contributed by atoms with Crippen LogP contribution in [0.25, 0.3) is 11.2 Å². The molecule has 4 nitrogen and oxygen atoms in total. The largest absolute Gasteiger partial charge is 0.341 e. The molecule has 2 aromatic heterocycles. The van der Waals surface area contributed by atoms with Crippen LogP contribution < -0.4 is 0 Å². The highest BCUT2D eigenvalue weighted by Gasteiger charge is 2.12. The van der Waals surface area contributed by atoms with E-state index >= 15 is 0 Å². The second-order valence-corrected chi connectivity index (χ2v) is 4.81. The molecule has 17 heavy (non-hydrogen) atoms. The average Bonchev–Trinajstić information content (AvgIpc) is 2.94. The van der Waals surface area contributed by atoms with E-state index in [1.807, 2.05) is 13.0 Å². The van der Waals surface area contributed by atoms with E-state index in [0.29, 0.717) is 0 Å². The van der Waals surface area contributed by atoms with E-state index in [2.05, 4.69) is 25.9 Å². The molecule has 90 valence electrons. The Balaban J connectivity index is 1.72. The van der Waals surface area contributed by atoms with Gasteiger partial charge in [-0.2, -0.15) is 0 Å². The van der Waals surface area contributed by atoms with Gasteiger partial charge in [0.15, 0.2) is 5.65 Å². The highest BCUT2D eigenvalue weighted by molar-refractivity contribution is 5.70. The number of rotatable bonds is 3. The van der Waals surface area contributed by atoms with Crippen LogP contribution in [0, 0.1) is 6.92 Å². The number of nitrogens with one attached hydrogen (secondary N) is 1. The standard InChI is InChI=1S/C13H18N4/c1-10-4-5-11-13(14-10)16-12(15-11)6-9-17-7-2-3-8-17/h4-5H,2-3,6-9H2,1H3,(H,14,15,16). The van der Waals surface area contributed by atoms with Crippen molar-refractivity contribution in [3.63, 3.8) is 0 Å². The zero-order valence-corrected chi connectivity index (χ0v) is 10.2. The summed E-state index contributed by atoms with van der Waals surface area (Å²) >= 11 is 0. The molecule has 0 bridgehead atoms. The second kappa shape index (κ2) is 4.45. The normalized spacial score (nSPS) is 17.0. The summed E-state index contributed by atoms with van der Waals surface area (Å²) in [5.74, 6) is 1.06. The molecule has 0 aromatic carbocycles. The van der Waals surface area contributed by atoms with E-state index in [4.69, 9.17) is 0 Å². The summed E-state index contributed by atoms with van der Waals surface area (Å²) in [6, 6.07) is 4.08. The number of fused-ring (bicyclic) bond motifs is 1. The summed E-state index contributed by atoms with van der Waals surface area (Å²) in [5, 5.41) is 0. The molecule has 2 aromatic rings. The molecule has 3 heterocycles. The van der Waals surface area contributed by atoms with Crippen LogP contribution in [-0.2, 0) is 6.42 Å². The Kier molecular flexibility index (Phi) is 2.81. The number of imidazole rings is 1. The molecule has 0 atom stereocenters. The van der Waals surface area contributed by atoms with E-state index < -0.39 is 0 Å². The molecule has 0 aliphatic carbocycles. The number of hydrogen-bond acceptors (Lipinski definition) is 3. The molecule has 0 unspecified atom stereocenters. The van der Waals surface area contributed by atoms with Gasteiger partial charge in [0.25, 0.3) is 0 Å². The highest BCUT2D eigenvalue weighted by Crippen LogP contribution is 2.12. The lowest BCUT2D eigenvalue weighted by Crippen LogP contribution is -2.22. The third-order valence-corrected chi connectivity index (χ3v) is 3.40. The summed E-state index contributed by atoms with van der Waals surface area (Å²) in [7, 11) is 0. The van der Waals surface area contributed by atoms with Crippen molar-refractivity contribution >= 4 is 11.2 Å². The van der Waals surface area contributed by atoms with Crippen molar-refractivity contribution in [2.75, 3.05) is 19.6 Å². The minimum atomic E-state index is 0.849. The Labute approximate surface area is 101 Å². The van der Waals surface area contributed by atoms with Gasteiger partial charge in [0.1, 0.15) is 5.82 Å². The Bertz CT molecular complexity index is 511. The van der Waals surface area contributed by atoms with Crippen LogP contribution >= 0.6 is 0 Å². The van der Waals surface area contributed by atoms with Gasteiger partial charge in [-0.05, 0) is 45.0 Å². The lowest BCUT2D eigenvalue weighted by atomic mass is 10.3. The van der Waals surface area contributed by atoms with E-state index in [-0.39, 0.29) is 0 Å². The van der Waals surface area contributed by atoms with Crippen molar-refractivity contribution in [3.05, 3.63) is 23.7 Å². The predicted octanol–water partition coefficient (Wildman–Crippen LogP) is 1.90. The number of aryl methyl sites for hydroxylation is 1. The molecular weight excluding hydrogens is 212 g/mol. The van der Waals surface area contributed by atoms with Crippen LogP contribution in [-0.4, -0.2) is 39.5 Å². The van der Waals surface area contributed by atoms with Gasteiger partial charge in [0, 0.05) is 18.7 Å². The third kappa shape index (κ3) is 2.31. The second-order valence-electron chi connectivity index (χ2n) is 4.81. The fraction of sp³-hybridized carbons (Fsp3) is 0.538. The molecular formula is C13H18N4. The van der Waals surface area contributed by atoms with Crippen molar-refractivity contribution in [3.8, 4) is 0 Å². The summed E-state index contributed by atoms with van der Waals surface area (Å²) in [5.41, 5.74) is 2.92. The van der Waals surface area contributed by atoms with Gasteiger partial charge < -0.3 is 9.88 Å². The van der Waals surface area contributed by atoms with Crippen molar-refractivity contribution in [2.45, 2.75) is 26.2 Å². The van der Waals surface area contributed by atoms with Crippen molar-refractivity contribution in [1.29, 1.82) is 0 Å². The number of hydrogen-bond donors (Lipinski definition) is 1. The van der Waals surface area contributed by atoms with Crippen LogP contribution in [0.4, 0.5) is 0 Å². The lowest BCUT2D eigenvalue weighted by molar-refractivity contribution is 0.341. The van der Waals surface area contributed by atoms with E-state index in [1.54, 1.807) is 0 Å². The first-order chi connectivity index (χ1) is 8.31. The first-order valence-corrected chi connectivity index (χ1v) is 6.36. The first kappa shape index (κ1) is 10.7. The lowest BCUT2D eigenvalue weighted by Gasteiger charge is -2.12. The SMILES string of the molecule is Cc1ccc2[nH]c(CCN3CCCC3)nc2n1. The maximum absolute atomic E-state index is 4.54. The first-order valence-electron chi connectivity index (χ1n) is 6.36. The van der Waals surface area contributed by atoms with Gasteiger partial charge in [0.2, 0.25) is 0 Å². The zero-order valence-electron chi connectivity index (χ0n) is 10.2. The van der Waals surface area contributed by atoms with Gasteiger partial charge >= 0.3 is 0 Å². The molecule has 0 amide bonds. The topological polar surface area (TPSA) is 44.8 Å². The van der Waals surface area contributed by atoms with Crippen LogP contribution in [0.2, 0.25) is 0 Å². The molecule has 0 spiro atoms. The van der Waals surface area contributed by atoms with Crippen molar-refractivity contribution in [2.24, 2.45) is 0 Å². The van der Waals surface area contributed by atoms with Crippen LogP contribution in [0.15, 0.2) is 12.1 Å². The predicted molar refractivity (Wildman–Crippen MR) is 68.0 cm³/mol. The minimum Gasteiger partial charge on any atom is -0.341 e. The number of nitrogens with zero attached hydrogens (tertiary/aromatic N) is 3. The smallest absolute Gasteiger partial charge is 0.177 e. The Hall–Kier alpha value is -1.42. The molecule has 1 N–H and O–H groups in total. The van der Waals surface area contributed by atoms with Gasteiger partial charge in [-0.1, -0.05) is 0 Å². The fourth-order valence-electron chi connectivity index (χ4n) is 2.43. The fourth-order valence-corrected chi connectivity index (χ4v) is 2.43. The maximum atomic E-state index is 4.54. The summed E-state index contributed by atoms with van der Waals surface area (Å²) in [4.78, 5) is 14.8. The average molecular weight is 230 g/mol. The summed E-state index contributed by atoms with van der Waals surface area (Å²) in [6.07, 6.45) is 3.69. The molecule has 1 aliphatic rings. The minimum absolute atomic E-state index is 0.849. The van der Waals surface area contributed by atoms with Crippen LogP contribution in [0.5, 0.6) is 0 Å². The molecule has 3 rings (SSSR count). The Morgan fingerprint density at radius 2 is 2.06 bits per heavy atom. The summed E-state index contributed by atoms with van der Waals surface area (Å²) in [6.45, 7) is 5.60. The Morgan fingerprint density at radius 3 is 2.88 bits per heavy atom. The van der Waals surface area contributed by atoms with Crippen LogP contribution in [0.1, 0.15) is 24.4 Å². The molecule has 1 fully saturated rings. The van der Waals surface area contributed by atoms with E-state index in [9.17, 15) is 0 Å². The van der Waals surface area contributed by atoms with Gasteiger partial charge in [0.05, 0.1) is 5.52 Å². The molecule has 1 saturated heterocycles. The van der Waals surface area contributed by atoms with Gasteiger partial charge in [-0.25, -0.2) is 9.97 Å². The van der Waals surface area contributed by atoms with Crippen LogP contribution in [0.3, 0.4) is 0 Å². The number of H-pyrrole nitrogens is 1. The Morgan fingerprint density at radius 1 is 1.24 bits per heavy atom. The quantitative estimate of drug-likeness (QED) is 0.876. The number of aromatic amines is 1. The monoisotopic (exact) mass is 230 g/mol.